The van der Waals surface area contributed by atoms with E-state index >= 15 is 0 Å². The van der Waals surface area contributed by atoms with Crippen LogP contribution in [0.4, 0.5) is 0 Å². The minimum Gasteiger partial charge on any atom is -0.481 e. The van der Waals surface area contributed by atoms with Gasteiger partial charge in [-0.1, -0.05) is 0 Å². The molecule has 5 nitrogen and oxygen atoms in total. The molecule has 0 spiro atoms. The van der Waals surface area contributed by atoms with Gasteiger partial charge < -0.3 is 19.7 Å². The fourth-order valence-electron chi connectivity index (χ4n) is 3.27. The average molecular weight is 272 g/mol. The first-order valence-corrected chi connectivity index (χ1v) is 7.27. The quantitative estimate of drug-likeness (QED) is 0.768. The number of ether oxygens (including phenoxy) is 2. The van der Waals surface area contributed by atoms with Gasteiger partial charge in [0, 0.05) is 6.61 Å². The Morgan fingerprint density at radius 2 is 1.84 bits per heavy atom. The van der Waals surface area contributed by atoms with Crippen LogP contribution in [0.15, 0.2) is 0 Å². The molecule has 0 amide bonds. The molecule has 0 bridgehead atoms. The van der Waals surface area contributed by atoms with E-state index in [0.717, 1.165) is 25.7 Å². The monoisotopic (exact) mass is 272 g/mol. The van der Waals surface area contributed by atoms with Gasteiger partial charge in [-0.05, 0) is 50.4 Å². The summed E-state index contributed by atoms with van der Waals surface area (Å²) in [4.78, 5) is 11.1. The third kappa shape index (κ3) is 4.16. The molecule has 2 fully saturated rings. The molecule has 110 valence electrons. The van der Waals surface area contributed by atoms with Gasteiger partial charge in [0.1, 0.15) is 0 Å². The summed E-state index contributed by atoms with van der Waals surface area (Å²) < 4.78 is 10.8. The van der Waals surface area contributed by atoms with Crippen molar-refractivity contribution in [2.24, 2.45) is 17.8 Å². The molecule has 0 aromatic carbocycles. The second-order valence-corrected chi connectivity index (χ2v) is 5.65. The molecular weight excluding hydrogens is 248 g/mol. The molecule has 2 aliphatic rings. The van der Waals surface area contributed by atoms with Crippen molar-refractivity contribution in [2.45, 2.75) is 44.8 Å². The van der Waals surface area contributed by atoms with Crippen LogP contribution in [0, 0.1) is 17.8 Å². The molecule has 1 saturated carbocycles. The summed E-state index contributed by atoms with van der Waals surface area (Å²) in [6, 6.07) is 0. The van der Waals surface area contributed by atoms with Gasteiger partial charge in [0.15, 0.2) is 6.29 Å². The maximum Gasteiger partial charge on any atom is 0.306 e. The first kappa shape index (κ1) is 14.8. The highest BCUT2D eigenvalue weighted by Crippen LogP contribution is 2.37. The lowest BCUT2D eigenvalue weighted by atomic mass is 9.72. The van der Waals surface area contributed by atoms with Crippen LogP contribution < -0.4 is 0 Å². The van der Waals surface area contributed by atoms with Crippen LogP contribution in [-0.2, 0) is 14.3 Å². The first-order chi connectivity index (χ1) is 9.20. The van der Waals surface area contributed by atoms with E-state index in [4.69, 9.17) is 14.6 Å². The van der Waals surface area contributed by atoms with E-state index in [2.05, 4.69) is 0 Å². The summed E-state index contributed by atoms with van der Waals surface area (Å²) in [5, 5.41) is 18.5. The number of aliphatic hydroxyl groups is 1. The maximum atomic E-state index is 11.1. The third-order valence-electron chi connectivity index (χ3n) is 4.43. The van der Waals surface area contributed by atoms with Crippen LogP contribution in [0.1, 0.15) is 38.5 Å². The minimum atomic E-state index is -0.691. The number of rotatable bonds is 6. The van der Waals surface area contributed by atoms with E-state index in [1.54, 1.807) is 0 Å². The lowest BCUT2D eigenvalue weighted by molar-refractivity contribution is -0.144. The summed E-state index contributed by atoms with van der Waals surface area (Å²) >= 11 is 0. The molecule has 1 unspecified atom stereocenters. The van der Waals surface area contributed by atoms with Gasteiger partial charge in [0.05, 0.1) is 19.1 Å². The number of carbonyl (C=O) groups is 1. The SMILES string of the molecule is O=C(O)[C@@H]1CC[C@@H](CO)C(CCCC2OCCO2)C1. The van der Waals surface area contributed by atoms with Crippen molar-refractivity contribution in [3.8, 4) is 0 Å². The Bertz CT molecular complexity index is 288. The predicted molar refractivity (Wildman–Crippen MR) is 68.6 cm³/mol. The zero-order valence-electron chi connectivity index (χ0n) is 11.3. The first-order valence-electron chi connectivity index (χ1n) is 7.27. The molecule has 1 heterocycles. The Hall–Kier alpha value is -0.650. The molecule has 5 heteroatoms. The van der Waals surface area contributed by atoms with Crippen molar-refractivity contribution in [2.75, 3.05) is 19.8 Å². The number of hydrogen-bond acceptors (Lipinski definition) is 4. The number of carboxylic acid groups (broad SMARTS) is 1. The highest BCUT2D eigenvalue weighted by Gasteiger charge is 2.33. The van der Waals surface area contributed by atoms with Crippen molar-refractivity contribution in [1.82, 2.24) is 0 Å². The van der Waals surface area contributed by atoms with Crippen molar-refractivity contribution in [3.63, 3.8) is 0 Å². The van der Waals surface area contributed by atoms with E-state index in [0.29, 0.717) is 32.0 Å². The standard InChI is InChI=1S/C14H24O5/c15-9-12-5-4-11(14(16)17)8-10(12)2-1-3-13-18-6-7-19-13/h10-13,15H,1-9H2,(H,16,17)/t10?,11-,12+/m1/s1. The van der Waals surface area contributed by atoms with Gasteiger partial charge in [-0.3, -0.25) is 4.79 Å². The normalized spacial score (nSPS) is 32.6. The van der Waals surface area contributed by atoms with Crippen molar-refractivity contribution in [3.05, 3.63) is 0 Å². The molecule has 0 aromatic rings. The van der Waals surface area contributed by atoms with E-state index in [9.17, 15) is 9.90 Å². The van der Waals surface area contributed by atoms with Crippen LogP contribution in [0.25, 0.3) is 0 Å². The molecule has 0 aromatic heterocycles. The largest absolute Gasteiger partial charge is 0.481 e. The van der Waals surface area contributed by atoms with Gasteiger partial charge in [-0.15, -0.1) is 0 Å². The number of aliphatic carboxylic acids is 1. The summed E-state index contributed by atoms with van der Waals surface area (Å²) in [6.45, 7) is 1.52. The predicted octanol–water partition coefficient (Wildman–Crippen LogP) is 1.64. The van der Waals surface area contributed by atoms with E-state index < -0.39 is 5.97 Å². The van der Waals surface area contributed by atoms with Crippen LogP contribution in [0.3, 0.4) is 0 Å². The number of aliphatic hydroxyl groups excluding tert-OH is 1. The topological polar surface area (TPSA) is 76.0 Å². The maximum absolute atomic E-state index is 11.1. The fourth-order valence-corrected chi connectivity index (χ4v) is 3.27. The Morgan fingerprint density at radius 1 is 1.11 bits per heavy atom. The van der Waals surface area contributed by atoms with Gasteiger partial charge >= 0.3 is 5.97 Å². The molecule has 1 aliphatic carbocycles. The van der Waals surface area contributed by atoms with Crippen molar-refractivity contribution < 1.29 is 24.5 Å². The summed E-state index contributed by atoms with van der Waals surface area (Å²) in [7, 11) is 0. The Morgan fingerprint density at radius 3 is 2.47 bits per heavy atom. The molecule has 2 N–H and O–H groups in total. The second-order valence-electron chi connectivity index (χ2n) is 5.65. The Balaban J connectivity index is 1.75. The summed E-state index contributed by atoms with van der Waals surface area (Å²) in [5.41, 5.74) is 0. The van der Waals surface area contributed by atoms with Gasteiger partial charge in [0.25, 0.3) is 0 Å². The number of carboxylic acids is 1. The lowest BCUT2D eigenvalue weighted by Gasteiger charge is -2.33. The van der Waals surface area contributed by atoms with Gasteiger partial charge in [-0.25, -0.2) is 0 Å². The molecule has 19 heavy (non-hydrogen) atoms. The minimum absolute atomic E-state index is 0.0774. The Labute approximate surface area is 113 Å². The van der Waals surface area contributed by atoms with E-state index in [-0.39, 0.29) is 24.7 Å². The zero-order chi connectivity index (χ0) is 13.7. The van der Waals surface area contributed by atoms with Gasteiger partial charge in [-0.2, -0.15) is 0 Å². The lowest BCUT2D eigenvalue weighted by Crippen LogP contribution is -2.31. The summed E-state index contributed by atoms with van der Waals surface area (Å²) in [6.07, 6.45) is 4.95. The van der Waals surface area contributed by atoms with Crippen molar-refractivity contribution >= 4 is 5.97 Å². The second kappa shape index (κ2) is 7.22. The van der Waals surface area contributed by atoms with Crippen LogP contribution in [0.2, 0.25) is 0 Å². The zero-order valence-corrected chi connectivity index (χ0v) is 11.3. The molecule has 0 radical (unpaired) electrons. The summed E-state index contributed by atoms with van der Waals surface area (Å²) in [5.74, 6) is -0.335. The smallest absolute Gasteiger partial charge is 0.306 e. The Kier molecular flexibility index (Phi) is 5.60. The average Bonchev–Trinajstić information content (AvgIpc) is 2.91. The third-order valence-corrected chi connectivity index (χ3v) is 4.43. The molecule has 3 atom stereocenters. The highest BCUT2D eigenvalue weighted by molar-refractivity contribution is 5.70. The molecular formula is C14H24O5. The molecule has 1 aliphatic heterocycles. The van der Waals surface area contributed by atoms with Crippen LogP contribution >= 0.6 is 0 Å². The van der Waals surface area contributed by atoms with E-state index in [1.165, 1.54) is 0 Å². The highest BCUT2D eigenvalue weighted by atomic mass is 16.7. The van der Waals surface area contributed by atoms with Crippen LogP contribution in [-0.4, -0.2) is 42.3 Å². The van der Waals surface area contributed by atoms with Gasteiger partial charge in [0.2, 0.25) is 0 Å². The van der Waals surface area contributed by atoms with Crippen molar-refractivity contribution in [1.29, 1.82) is 0 Å². The molecule has 1 saturated heterocycles. The number of hydrogen-bond donors (Lipinski definition) is 2. The van der Waals surface area contributed by atoms with E-state index in [1.807, 2.05) is 0 Å². The fraction of sp³-hybridized carbons (Fsp3) is 0.929. The molecule has 2 rings (SSSR count). The van der Waals surface area contributed by atoms with Crippen LogP contribution in [0.5, 0.6) is 0 Å².